The largest absolute Gasteiger partial charge is 0.396 e. The van der Waals surface area contributed by atoms with Crippen molar-refractivity contribution in [3.05, 3.63) is 30.4 Å². The Morgan fingerprint density at radius 2 is 1.90 bits per heavy atom. The fraction of sp³-hybridized carbons (Fsp3) is 0.571. The van der Waals surface area contributed by atoms with Crippen LogP contribution in [0.4, 0.5) is 5.95 Å². The van der Waals surface area contributed by atoms with Crippen molar-refractivity contribution < 1.29 is 19.7 Å². The van der Waals surface area contributed by atoms with Crippen molar-refractivity contribution in [2.24, 2.45) is 5.41 Å². The van der Waals surface area contributed by atoms with E-state index < -0.39 is 5.41 Å². The summed E-state index contributed by atoms with van der Waals surface area (Å²) < 4.78 is 15.8. The minimum absolute atomic E-state index is 0.0268. The summed E-state index contributed by atoms with van der Waals surface area (Å²) in [6.07, 6.45) is 7.99. The third-order valence-corrected chi connectivity index (χ3v) is 8.36. The number of aliphatic hydroxyl groups is 2. The molecule has 5 heterocycles. The van der Waals surface area contributed by atoms with E-state index in [1.807, 2.05) is 17.2 Å². The number of aromatic nitrogens is 6. The molecule has 2 aliphatic heterocycles. The Balaban J connectivity index is 1.49. The van der Waals surface area contributed by atoms with Crippen LogP contribution in [0.1, 0.15) is 50.8 Å². The van der Waals surface area contributed by atoms with Crippen LogP contribution < -0.4 is 4.90 Å². The number of anilines is 1. The molecule has 6 rings (SSSR count). The summed E-state index contributed by atoms with van der Waals surface area (Å²) in [5.74, 6) is 0.618. The van der Waals surface area contributed by atoms with Gasteiger partial charge in [0.25, 0.3) is 0 Å². The van der Waals surface area contributed by atoms with Gasteiger partial charge in [-0.05, 0) is 51.2 Å². The van der Waals surface area contributed by atoms with Gasteiger partial charge in [-0.25, -0.2) is 15.0 Å². The number of ether oxygens (including phenoxy) is 2. The molecule has 1 unspecified atom stereocenters. The van der Waals surface area contributed by atoms with E-state index in [1.54, 1.807) is 7.11 Å². The van der Waals surface area contributed by atoms with Gasteiger partial charge >= 0.3 is 0 Å². The molecule has 4 aromatic rings. The average Bonchev–Trinajstić information content (AvgIpc) is 3.62. The van der Waals surface area contributed by atoms with E-state index in [0.717, 1.165) is 71.4 Å². The minimum atomic E-state index is -0.459. The number of aliphatic hydroxyl groups excluding tert-OH is 2. The van der Waals surface area contributed by atoms with Crippen LogP contribution in [-0.2, 0) is 22.6 Å². The number of fused-ring (bicyclic) bond motifs is 2. The topological polar surface area (TPSA) is 124 Å². The SMILES string of the molecule is CCn1cnc2cc(-c3nc(N4CCC(CO)(CO)CC4)nc4c3ncn4C3CCCCO3)cc(COC)c21. The highest BCUT2D eigenvalue weighted by atomic mass is 16.5. The quantitative estimate of drug-likeness (QED) is 0.350. The first-order valence-corrected chi connectivity index (χ1v) is 13.9. The summed E-state index contributed by atoms with van der Waals surface area (Å²) in [7, 11) is 1.70. The third kappa shape index (κ3) is 4.67. The highest BCUT2D eigenvalue weighted by Gasteiger charge is 2.35. The van der Waals surface area contributed by atoms with Crippen molar-refractivity contribution in [1.29, 1.82) is 0 Å². The van der Waals surface area contributed by atoms with E-state index in [0.29, 0.717) is 38.5 Å². The number of hydrogen-bond acceptors (Lipinski definition) is 9. The molecule has 2 saturated heterocycles. The number of hydrogen-bond donors (Lipinski definition) is 2. The fourth-order valence-electron chi connectivity index (χ4n) is 5.89. The van der Waals surface area contributed by atoms with E-state index >= 15 is 0 Å². The zero-order valence-corrected chi connectivity index (χ0v) is 22.7. The van der Waals surface area contributed by atoms with Gasteiger partial charge in [-0.3, -0.25) is 4.57 Å². The van der Waals surface area contributed by atoms with E-state index in [1.165, 1.54) is 0 Å². The molecule has 0 amide bonds. The van der Waals surface area contributed by atoms with E-state index in [-0.39, 0.29) is 19.4 Å². The average molecular weight is 536 g/mol. The van der Waals surface area contributed by atoms with Crippen LogP contribution in [0, 0.1) is 5.41 Å². The Kier molecular flexibility index (Phi) is 7.23. The summed E-state index contributed by atoms with van der Waals surface area (Å²) in [5, 5.41) is 19.8. The van der Waals surface area contributed by atoms with Crippen LogP contribution in [-0.4, -0.2) is 79.3 Å². The Labute approximate surface area is 227 Å². The van der Waals surface area contributed by atoms with Crippen molar-refractivity contribution in [3.63, 3.8) is 0 Å². The fourth-order valence-corrected chi connectivity index (χ4v) is 5.89. The van der Waals surface area contributed by atoms with Gasteiger partial charge in [-0.15, -0.1) is 0 Å². The molecule has 1 atom stereocenters. The number of rotatable bonds is 8. The molecule has 39 heavy (non-hydrogen) atoms. The van der Waals surface area contributed by atoms with Crippen LogP contribution in [0.5, 0.6) is 0 Å². The molecule has 2 N–H and O–H groups in total. The maximum atomic E-state index is 9.91. The standard InChI is InChI=1S/C28H37N7O4/c1-3-33-17-29-21-13-19(12-20(14-38-2)25(21)33)23-24-26(35(18-30-24)22-6-4-5-11-39-22)32-27(31-23)34-9-7-28(15-36,16-37)8-10-34/h12-13,17-18,22,36-37H,3-11,14-16H2,1-2H3. The van der Waals surface area contributed by atoms with Gasteiger partial charge in [0.2, 0.25) is 5.95 Å². The molecular weight excluding hydrogens is 498 g/mol. The lowest BCUT2D eigenvalue weighted by Gasteiger charge is -2.39. The molecule has 0 aliphatic carbocycles. The summed E-state index contributed by atoms with van der Waals surface area (Å²) in [5.41, 5.74) is 5.67. The second-order valence-electron chi connectivity index (χ2n) is 10.8. The normalized spacial score (nSPS) is 19.8. The summed E-state index contributed by atoms with van der Waals surface area (Å²) in [6, 6.07) is 4.20. The maximum absolute atomic E-state index is 9.91. The maximum Gasteiger partial charge on any atom is 0.228 e. The first kappa shape index (κ1) is 26.1. The summed E-state index contributed by atoms with van der Waals surface area (Å²) in [4.78, 5) is 21.7. The first-order chi connectivity index (χ1) is 19.1. The molecule has 0 bridgehead atoms. The molecule has 1 aromatic carbocycles. The Morgan fingerprint density at radius 1 is 1.08 bits per heavy atom. The lowest BCUT2D eigenvalue weighted by atomic mass is 9.80. The van der Waals surface area contributed by atoms with Gasteiger partial charge in [0.1, 0.15) is 17.4 Å². The van der Waals surface area contributed by atoms with E-state index in [2.05, 4.69) is 33.5 Å². The predicted octanol–water partition coefficient (Wildman–Crippen LogP) is 3.28. The lowest BCUT2D eigenvalue weighted by molar-refractivity contribution is -0.0298. The highest BCUT2D eigenvalue weighted by Crippen LogP contribution is 2.36. The lowest BCUT2D eigenvalue weighted by Crippen LogP contribution is -2.44. The molecule has 0 spiro atoms. The van der Waals surface area contributed by atoms with Crippen LogP contribution in [0.2, 0.25) is 0 Å². The van der Waals surface area contributed by atoms with E-state index in [9.17, 15) is 10.2 Å². The van der Waals surface area contributed by atoms with Gasteiger partial charge < -0.3 is 29.2 Å². The van der Waals surface area contributed by atoms with Crippen molar-refractivity contribution in [3.8, 4) is 11.3 Å². The number of piperidine rings is 1. The molecule has 3 aromatic heterocycles. The Bertz CT molecular complexity index is 1450. The molecule has 2 aliphatic rings. The van der Waals surface area contributed by atoms with Crippen molar-refractivity contribution >= 4 is 28.1 Å². The Morgan fingerprint density at radius 3 is 2.59 bits per heavy atom. The zero-order chi connectivity index (χ0) is 27.0. The zero-order valence-electron chi connectivity index (χ0n) is 22.7. The van der Waals surface area contributed by atoms with Crippen LogP contribution in [0.25, 0.3) is 33.5 Å². The van der Waals surface area contributed by atoms with Crippen molar-refractivity contribution in [2.45, 2.75) is 58.4 Å². The van der Waals surface area contributed by atoms with Gasteiger partial charge in [-0.2, -0.15) is 4.98 Å². The summed E-state index contributed by atoms with van der Waals surface area (Å²) in [6.45, 7) is 5.35. The first-order valence-electron chi connectivity index (χ1n) is 13.9. The van der Waals surface area contributed by atoms with Gasteiger partial charge in [0, 0.05) is 49.9 Å². The van der Waals surface area contributed by atoms with Gasteiger partial charge in [0.05, 0.1) is 43.5 Å². The monoisotopic (exact) mass is 535 g/mol. The van der Waals surface area contributed by atoms with Crippen LogP contribution in [0.15, 0.2) is 24.8 Å². The van der Waals surface area contributed by atoms with Crippen LogP contribution >= 0.6 is 0 Å². The van der Waals surface area contributed by atoms with Crippen molar-refractivity contribution in [2.75, 3.05) is 44.9 Å². The second kappa shape index (κ2) is 10.8. The molecule has 0 saturated carbocycles. The predicted molar refractivity (Wildman–Crippen MR) is 147 cm³/mol. The van der Waals surface area contributed by atoms with Gasteiger partial charge in [0.15, 0.2) is 5.65 Å². The Hall–Kier alpha value is -3.12. The van der Waals surface area contributed by atoms with E-state index in [4.69, 9.17) is 24.4 Å². The minimum Gasteiger partial charge on any atom is -0.396 e. The highest BCUT2D eigenvalue weighted by molar-refractivity contribution is 5.93. The number of imidazole rings is 2. The smallest absolute Gasteiger partial charge is 0.228 e. The number of benzene rings is 1. The summed E-state index contributed by atoms with van der Waals surface area (Å²) >= 11 is 0. The molecule has 208 valence electrons. The molecule has 11 heteroatoms. The molecule has 0 radical (unpaired) electrons. The number of nitrogens with zero attached hydrogens (tertiary/aromatic N) is 7. The number of methoxy groups -OCH3 is 1. The van der Waals surface area contributed by atoms with Crippen molar-refractivity contribution in [1.82, 2.24) is 29.1 Å². The molecular formula is C28H37N7O4. The third-order valence-electron chi connectivity index (χ3n) is 8.36. The second-order valence-corrected chi connectivity index (χ2v) is 10.8. The van der Waals surface area contributed by atoms with Gasteiger partial charge in [-0.1, -0.05) is 0 Å². The number of aryl methyl sites for hydroxylation is 1. The molecule has 2 fully saturated rings. The molecule has 11 nitrogen and oxygen atoms in total. The van der Waals surface area contributed by atoms with Crippen LogP contribution in [0.3, 0.4) is 0 Å².